The summed E-state index contributed by atoms with van der Waals surface area (Å²) in [7, 11) is -1.77. The summed E-state index contributed by atoms with van der Waals surface area (Å²) in [5.74, 6) is 0.612. The van der Waals surface area contributed by atoms with Crippen LogP contribution in [0.5, 0.6) is 5.75 Å². The molecule has 156 valence electrons. The lowest BCUT2D eigenvalue weighted by Gasteiger charge is -2.36. The molecule has 0 radical (unpaired) electrons. The van der Waals surface area contributed by atoms with Crippen molar-refractivity contribution in [1.82, 2.24) is 9.21 Å². The van der Waals surface area contributed by atoms with Gasteiger partial charge in [-0.2, -0.15) is 4.31 Å². The summed E-state index contributed by atoms with van der Waals surface area (Å²) in [6.07, 6.45) is 0. The van der Waals surface area contributed by atoms with E-state index >= 15 is 0 Å². The van der Waals surface area contributed by atoms with E-state index in [1.165, 1.54) is 4.31 Å². The second kappa shape index (κ2) is 9.39. The van der Waals surface area contributed by atoms with Crippen LogP contribution in [0.1, 0.15) is 12.5 Å². The molecule has 0 saturated carbocycles. The largest absolute Gasteiger partial charge is 0.497 e. The molecule has 2 aromatic carbocycles. The highest BCUT2D eigenvalue weighted by Gasteiger charge is 2.30. The van der Waals surface area contributed by atoms with Gasteiger partial charge in [0.15, 0.2) is 0 Å². The molecular weight excluding hydrogens is 390 g/mol. The SMILES string of the molecule is COc1ccc(NC(=O)[C@@H](C)N2CCN(S(=O)(=O)Cc3ccccc3)CC2)cc1. The molecule has 1 aliphatic heterocycles. The minimum atomic E-state index is -3.37. The number of carbonyl (C=O) groups excluding carboxylic acids is 1. The molecule has 3 rings (SSSR count). The van der Waals surface area contributed by atoms with Crippen molar-refractivity contribution in [2.45, 2.75) is 18.7 Å². The van der Waals surface area contributed by atoms with Gasteiger partial charge in [-0.1, -0.05) is 30.3 Å². The summed E-state index contributed by atoms with van der Waals surface area (Å²) < 4.78 is 32.0. The number of methoxy groups -OCH3 is 1. The maximum atomic E-state index is 12.7. The summed E-state index contributed by atoms with van der Waals surface area (Å²) in [4.78, 5) is 14.6. The molecule has 0 aromatic heterocycles. The number of anilines is 1. The van der Waals surface area contributed by atoms with Crippen LogP contribution < -0.4 is 10.1 Å². The molecule has 2 aromatic rings. The molecular formula is C21H27N3O4S. The van der Waals surface area contributed by atoms with Crippen LogP contribution >= 0.6 is 0 Å². The third kappa shape index (κ3) is 5.56. The molecule has 0 unspecified atom stereocenters. The number of sulfonamides is 1. The second-order valence-electron chi connectivity index (χ2n) is 7.07. The minimum Gasteiger partial charge on any atom is -0.497 e. The van der Waals surface area contributed by atoms with Gasteiger partial charge >= 0.3 is 0 Å². The molecule has 1 saturated heterocycles. The van der Waals surface area contributed by atoms with Crippen LogP contribution in [0, 0.1) is 0 Å². The van der Waals surface area contributed by atoms with Gasteiger partial charge in [-0.3, -0.25) is 9.69 Å². The van der Waals surface area contributed by atoms with Crippen LogP contribution in [0.15, 0.2) is 54.6 Å². The summed E-state index contributed by atoms with van der Waals surface area (Å²) in [5.41, 5.74) is 1.48. The summed E-state index contributed by atoms with van der Waals surface area (Å²) in [6, 6.07) is 16.0. The van der Waals surface area contributed by atoms with Gasteiger partial charge in [0, 0.05) is 31.9 Å². The van der Waals surface area contributed by atoms with Gasteiger partial charge in [0.1, 0.15) is 5.75 Å². The van der Waals surface area contributed by atoms with Gasteiger partial charge in [-0.15, -0.1) is 0 Å². The van der Waals surface area contributed by atoms with Gasteiger partial charge in [0.05, 0.1) is 18.9 Å². The third-order valence-electron chi connectivity index (χ3n) is 5.14. The van der Waals surface area contributed by atoms with Gasteiger partial charge in [0.25, 0.3) is 0 Å². The van der Waals surface area contributed by atoms with Crippen LogP contribution in [-0.2, 0) is 20.6 Å². The van der Waals surface area contributed by atoms with E-state index in [4.69, 9.17) is 4.74 Å². The van der Waals surface area contributed by atoms with Crippen molar-refractivity contribution in [1.29, 1.82) is 0 Å². The first-order valence-electron chi connectivity index (χ1n) is 9.60. The average molecular weight is 418 g/mol. The zero-order valence-corrected chi connectivity index (χ0v) is 17.6. The summed E-state index contributed by atoms with van der Waals surface area (Å²) in [6.45, 7) is 3.65. The number of benzene rings is 2. The monoisotopic (exact) mass is 417 g/mol. The standard InChI is InChI=1S/C21H27N3O4S/c1-17(21(25)22-19-8-10-20(28-2)11-9-19)23-12-14-24(15-13-23)29(26,27)16-18-6-4-3-5-7-18/h3-11,17H,12-16H2,1-2H3,(H,22,25)/t17-/m1/s1. The van der Waals surface area contributed by atoms with Crippen molar-refractivity contribution >= 4 is 21.6 Å². The molecule has 0 bridgehead atoms. The fraction of sp³-hybridized carbons (Fsp3) is 0.381. The Morgan fingerprint density at radius 1 is 1.03 bits per heavy atom. The van der Waals surface area contributed by atoms with Crippen LogP contribution in [0.4, 0.5) is 5.69 Å². The molecule has 1 atom stereocenters. The highest BCUT2D eigenvalue weighted by atomic mass is 32.2. The predicted octanol–water partition coefficient (Wildman–Crippen LogP) is 2.17. The van der Waals surface area contributed by atoms with Gasteiger partial charge < -0.3 is 10.1 Å². The maximum absolute atomic E-state index is 12.7. The van der Waals surface area contributed by atoms with Gasteiger partial charge in [0.2, 0.25) is 15.9 Å². The molecule has 8 heteroatoms. The second-order valence-corrected chi connectivity index (χ2v) is 9.04. The number of nitrogens with one attached hydrogen (secondary N) is 1. The lowest BCUT2D eigenvalue weighted by Crippen LogP contribution is -2.54. The minimum absolute atomic E-state index is 0.00134. The van der Waals surface area contributed by atoms with Crippen molar-refractivity contribution in [3.8, 4) is 5.75 Å². The Balaban J connectivity index is 1.53. The predicted molar refractivity (Wildman–Crippen MR) is 113 cm³/mol. The topological polar surface area (TPSA) is 79.0 Å². The van der Waals surface area contributed by atoms with Crippen LogP contribution in [-0.4, -0.2) is 62.9 Å². The van der Waals surface area contributed by atoms with E-state index in [9.17, 15) is 13.2 Å². The van der Waals surface area contributed by atoms with Crippen LogP contribution in [0.2, 0.25) is 0 Å². The Hall–Kier alpha value is -2.42. The van der Waals surface area contributed by atoms with E-state index < -0.39 is 10.0 Å². The summed E-state index contributed by atoms with van der Waals surface area (Å²) in [5, 5.41) is 2.90. The van der Waals surface area contributed by atoms with Gasteiger partial charge in [-0.25, -0.2) is 8.42 Å². The molecule has 0 aliphatic carbocycles. The zero-order chi connectivity index (χ0) is 20.9. The highest BCUT2D eigenvalue weighted by Crippen LogP contribution is 2.18. The molecule has 1 fully saturated rings. The lowest BCUT2D eigenvalue weighted by atomic mass is 10.2. The molecule has 1 aliphatic rings. The Morgan fingerprint density at radius 2 is 1.66 bits per heavy atom. The fourth-order valence-corrected chi connectivity index (χ4v) is 4.85. The van der Waals surface area contributed by atoms with Crippen molar-refractivity contribution in [2.75, 3.05) is 38.6 Å². The number of amides is 1. The first-order chi connectivity index (χ1) is 13.9. The van der Waals surface area contributed by atoms with Crippen molar-refractivity contribution in [2.24, 2.45) is 0 Å². The Labute approximate surface area is 172 Å². The summed E-state index contributed by atoms with van der Waals surface area (Å²) >= 11 is 0. The van der Waals surface area contributed by atoms with E-state index in [0.29, 0.717) is 31.9 Å². The third-order valence-corrected chi connectivity index (χ3v) is 6.99. The number of piperazine rings is 1. The molecule has 1 heterocycles. The lowest BCUT2D eigenvalue weighted by molar-refractivity contribution is -0.121. The molecule has 0 spiro atoms. The van der Waals surface area contributed by atoms with Crippen LogP contribution in [0.3, 0.4) is 0 Å². The normalized spacial score (nSPS) is 16.9. The Morgan fingerprint density at radius 3 is 2.24 bits per heavy atom. The first kappa shape index (κ1) is 21.3. The number of ether oxygens (including phenoxy) is 1. The van der Waals surface area contributed by atoms with Gasteiger partial charge in [-0.05, 0) is 36.8 Å². The smallest absolute Gasteiger partial charge is 0.241 e. The van der Waals surface area contributed by atoms with E-state index in [0.717, 1.165) is 11.3 Å². The number of carbonyl (C=O) groups is 1. The number of hydrogen-bond acceptors (Lipinski definition) is 5. The Bertz CT molecular complexity index is 909. The van der Waals surface area contributed by atoms with Crippen molar-refractivity contribution < 1.29 is 17.9 Å². The quantitative estimate of drug-likeness (QED) is 0.747. The van der Waals surface area contributed by atoms with E-state index in [1.54, 1.807) is 31.4 Å². The zero-order valence-electron chi connectivity index (χ0n) is 16.7. The van der Waals surface area contributed by atoms with E-state index in [-0.39, 0.29) is 17.7 Å². The fourth-order valence-electron chi connectivity index (χ4n) is 3.33. The molecule has 1 N–H and O–H groups in total. The molecule has 29 heavy (non-hydrogen) atoms. The first-order valence-corrected chi connectivity index (χ1v) is 11.2. The maximum Gasteiger partial charge on any atom is 0.241 e. The van der Waals surface area contributed by atoms with E-state index in [1.807, 2.05) is 42.2 Å². The number of rotatable bonds is 7. The Kier molecular flexibility index (Phi) is 6.89. The molecule has 7 nitrogen and oxygen atoms in total. The van der Waals surface area contributed by atoms with Crippen molar-refractivity contribution in [3.05, 3.63) is 60.2 Å². The average Bonchev–Trinajstić information content (AvgIpc) is 2.74. The van der Waals surface area contributed by atoms with E-state index in [2.05, 4.69) is 5.32 Å². The molecule has 1 amide bonds. The van der Waals surface area contributed by atoms with Crippen molar-refractivity contribution in [3.63, 3.8) is 0 Å². The van der Waals surface area contributed by atoms with Crippen LogP contribution in [0.25, 0.3) is 0 Å². The highest BCUT2D eigenvalue weighted by molar-refractivity contribution is 7.88. The number of hydrogen-bond donors (Lipinski definition) is 1. The number of nitrogens with zero attached hydrogens (tertiary/aromatic N) is 2.